The highest BCUT2D eigenvalue weighted by molar-refractivity contribution is 6.42. The molecule has 2 aliphatic heterocycles. The van der Waals surface area contributed by atoms with Crippen LogP contribution in [-0.2, 0) is 4.74 Å². The van der Waals surface area contributed by atoms with Gasteiger partial charge in [0.15, 0.2) is 0 Å². The molecule has 1 unspecified atom stereocenters. The van der Waals surface area contributed by atoms with Gasteiger partial charge in [0.2, 0.25) is 0 Å². The van der Waals surface area contributed by atoms with E-state index in [-0.39, 0.29) is 18.1 Å². The Kier molecular flexibility index (Phi) is 6.60. The minimum Gasteiger partial charge on any atom is -0.490 e. The number of halogens is 2. The molecule has 1 atom stereocenters. The van der Waals surface area contributed by atoms with Gasteiger partial charge < -0.3 is 19.3 Å². The van der Waals surface area contributed by atoms with Crippen molar-refractivity contribution in [3.8, 4) is 5.75 Å². The number of carbonyl (C=O) groups excluding carboxylic acids is 1. The number of rotatable bonds is 5. The van der Waals surface area contributed by atoms with E-state index >= 15 is 0 Å². The Morgan fingerprint density at radius 3 is 2.79 bits per heavy atom. The average molecular weight is 439 g/mol. The van der Waals surface area contributed by atoms with Crippen LogP contribution in [0.3, 0.4) is 0 Å². The third-order valence-corrected chi connectivity index (χ3v) is 6.10. The van der Waals surface area contributed by atoms with Gasteiger partial charge in [0, 0.05) is 45.0 Å². The van der Waals surface area contributed by atoms with Gasteiger partial charge >= 0.3 is 0 Å². The highest BCUT2D eigenvalue weighted by atomic mass is 35.5. The molecule has 0 spiro atoms. The molecule has 7 nitrogen and oxygen atoms in total. The third kappa shape index (κ3) is 5.22. The first kappa shape index (κ1) is 20.5. The molecule has 29 heavy (non-hydrogen) atoms. The molecule has 156 valence electrons. The van der Waals surface area contributed by atoms with Crippen LogP contribution < -0.4 is 4.74 Å². The third-order valence-electron chi connectivity index (χ3n) is 5.36. The molecule has 4 rings (SSSR count). The number of carbonyl (C=O) groups is 1. The van der Waals surface area contributed by atoms with E-state index < -0.39 is 0 Å². The molecule has 2 saturated heterocycles. The van der Waals surface area contributed by atoms with Gasteiger partial charge in [-0.15, -0.1) is 0 Å². The van der Waals surface area contributed by atoms with Gasteiger partial charge in [-0.2, -0.15) is 5.10 Å². The van der Waals surface area contributed by atoms with Gasteiger partial charge in [-0.1, -0.05) is 23.2 Å². The molecule has 1 amide bonds. The van der Waals surface area contributed by atoms with Gasteiger partial charge in [0.1, 0.15) is 11.9 Å². The van der Waals surface area contributed by atoms with Crippen LogP contribution in [0.15, 0.2) is 30.6 Å². The van der Waals surface area contributed by atoms with Crippen LogP contribution in [0.5, 0.6) is 5.75 Å². The van der Waals surface area contributed by atoms with E-state index in [9.17, 15) is 4.79 Å². The summed E-state index contributed by atoms with van der Waals surface area (Å²) < 4.78 is 12.0. The van der Waals surface area contributed by atoms with Crippen LogP contribution in [0.4, 0.5) is 0 Å². The zero-order chi connectivity index (χ0) is 20.2. The topological polar surface area (TPSA) is 70.7 Å². The number of amides is 1. The van der Waals surface area contributed by atoms with Crippen LogP contribution in [0.2, 0.25) is 10.0 Å². The summed E-state index contributed by atoms with van der Waals surface area (Å²) in [7, 11) is 0. The second-order valence-corrected chi connectivity index (χ2v) is 8.24. The monoisotopic (exact) mass is 438 g/mol. The van der Waals surface area contributed by atoms with Crippen molar-refractivity contribution >= 4 is 29.1 Å². The number of piperidine rings is 1. The first-order chi connectivity index (χ1) is 14.1. The van der Waals surface area contributed by atoms with Crippen molar-refractivity contribution in [2.45, 2.75) is 25.0 Å². The maximum absolute atomic E-state index is 12.5. The number of likely N-dealkylation sites (tertiary alicyclic amines) is 1. The SMILES string of the molecule is O=C(c1cn[nH]c1)N1CCOC(CN2CCC(Oc3ccc(Cl)c(Cl)c3)CC2)C1. The number of aromatic nitrogens is 2. The van der Waals surface area contributed by atoms with E-state index in [1.165, 1.54) is 0 Å². The van der Waals surface area contributed by atoms with E-state index in [0.29, 0.717) is 35.3 Å². The molecule has 1 aromatic heterocycles. The number of hydrogen-bond donors (Lipinski definition) is 1. The first-order valence-corrected chi connectivity index (χ1v) is 10.6. The molecule has 3 heterocycles. The maximum Gasteiger partial charge on any atom is 0.257 e. The molecular weight excluding hydrogens is 415 g/mol. The Hall–Kier alpha value is -1.80. The molecule has 0 aliphatic carbocycles. The Morgan fingerprint density at radius 1 is 1.24 bits per heavy atom. The number of nitrogens with zero attached hydrogens (tertiary/aromatic N) is 3. The quantitative estimate of drug-likeness (QED) is 0.776. The summed E-state index contributed by atoms with van der Waals surface area (Å²) in [6, 6.07) is 5.37. The Morgan fingerprint density at radius 2 is 2.07 bits per heavy atom. The minimum absolute atomic E-state index is 0.000725. The number of ether oxygens (including phenoxy) is 2. The summed E-state index contributed by atoms with van der Waals surface area (Å²) in [5, 5.41) is 7.58. The predicted molar refractivity (Wildman–Crippen MR) is 111 cm³/mol. The summed E-state index contributed by atoms with van der Waals surface area (Å²) in [4.78, 5) is 16.7. The van der Waals surface area contributed by atoms with E-state index in [2.05, 4.69) is 15.1 Å². The normalized spacial score (nSPS) is 21.3. The molecule has 2 fully saturated rings. The molecule has 0 bridgehead atoms. The van der Waals surface area contributed by atoms with Gasteiger partial charge in [0.25, 0.3) is 5.91 Å². The minimum atomic E-state index is 0.000725. The van der Waals surface area contributed by atoms with Crippen molar-refractivity contribution in [1.82, 2.24) is 20.0 Å². The fourth-order valence-corrected chi connectivity index (χ4v) is 4.09. The van der Waals surface area contributed by atoms with Crippen molar-refractivity contribution in [3.05, 3.63) is 46.2 Å². The lowest BCUT2D eigenvalue weighted by molar-refractivity contribution is -0.0414. The molecule has 2 aliphatic rings. The van der Waals surface area contributed by atoms with Crippen molar-refractivity contribution in [2.75, 3.05) is 39.3 Å². The number of nitrogens with one attached hydrogen (secondary N) is 1. The molecule has 1 N–H and O–H groups in total. The fraction of sp³-hybridized carbons (Fsp3) is 0.500. The summed E-state index contributed by atoms with van der Waals surface area (Å²) in [6.07, 6.45) is 5.24. The van der Waals surface area contributed by atoms with E-state index in [1.807, 2.05) is 11.0 Å². The van der Waals surface area contributed by atoms with Crippen LogP contribution in [-0.4, -0.2) is 77.4 Å². The number of H-pyrrole nitrogens is 1. The predicted octanol–water partition coefficient (Wildman–Crippen LogP) is 3.10. The van der Waals surface area contributed by atoms with Gasteiger partial charge in [-0.3, -0.25) is 9.89 Å². The lowest BCUT2D eigenvalue weighted by atomic mass is 10.1. The van der Waals surface area contributed by atoms with Gasteiger partial charge in [-0.05, 0) is 25.0 Å². The molecule has 0 saturated carbocycles. The van der Waals surface area contributed by atoms with Crippen LogP contribution in [0, 0.1) is 0 Å². The number of hydrogen-bond acceptors (Lipinski definition) is 5. The molecule has 2 aromatic rings. The highest BCUT2D eigenvalue weighted by Crippen LogP contribution is 2.28. The standard InChI is InChI=1S/C20H24Cl2N4O3/c21-18-2-1-16(9-19(18)22)29-15-3-5-25(6-4-15)12-17-13-26(7-8-28-17)20(27)14-10-23-24-11-14/h1-2,9-11,15,17H,3-8,12-13H2,(H,23,24). The van der Waals surface area contributed by atoms with Crippen LogP contribution in [0.1, 0.15) is 23.2 Å². The van der Waals surface area contributed by atoms with Gasteiger partial charge in [0.05, 0.1) is 34.5 Å². The van der Waals surface area contributed by atoms with E-state index in [1.54, 1.807) is 24.5 Å². The van der Waals surface area contributed by atoms with E-state index in [0.717, 1.165) is 38.2 Å². The molecule has 9 heteroatoms. The fourth-order valence-electron chi connectivity index (χ4n) is 3.80. The van der Waals surface area contributed by atoms with Crippen LogP contribution in [0.25, 0.3) is 0 Å². The lowest BCUT2D eigenvalue weighted by Gasteiger charge is -2.38. The first-order valence-electron chi connectivity index (χ1n) is 9.82. The second-order valence-electron chi connectivity index (χ2n) is 7.42. The Labute approximate surface area is 179 Å². The second kappa shape index (κ2) is 9.34. The number of aromatic amines is 1. The zero-order valence-electron chi connectivity index (χ0n) is 16.0. The Balaban J connectivity index is 1.24. The van der Waals surface area contributed by atoms with Gasteiger partial charge in [-0.25, -0.2) is 0 Å². The highest BCUT2D eigenvalue weighted by Gasteiger charge is 2.29. The Bertz CT molecular complexity index is 825. The van der Waals surface area contributed by atoms with Crippen molar-refractivity contribution in [2.24, 2.45) is 0 Å². The molecular formula is C20H24Cl2N4O3. The van der Waals surface area contributed by atoms with Crippen molar-refractivity contribution in [3.63, 3.8) is 0 Å². The van der Waals surface area contributed by atoms with Crippen LogP contribution >= 0.6 is 23.2 Å². The zero-order valence-corrected chi connectivity index (χ0v) is 17.5. The number of morpholine rings is 1. The van der Waals surface area contributed by atoms with Crippen molar-refractivity contribution < 1.29 is 14.3 Å². The summed E-state index contributed by atoms with van der Waals surface area (Å²) in [5.41, 5.74) is 0.589. The van der Waals surface area contributed by atoms with E-state index in [4.69, 9.17) is 32.7 Å². The lowest BCUT2D eigenvalue weighted by Crippen LogP contribution is -2.51. The summed E-state index contributed by atoms with van der Waals surface area (Å²) in [6.45, 7) is 4.45. The summed E-state index contributed by atoms with van der Waals surface area (Å²) >= 11 is 12.0. The van der Waals surface area contributed by atoms with Crippen molar-refractivity contribution in [1.29, 1.82) is 0 Å². The summed E-state index contributed by atoms with van der Waals surface area (Å²) in [5.74, 6) is 0.752. The average Bonchev–Trinajstić information content (AvgIpc) is 3.27. The molecule has 0 radical (unpaired) electrons. The largest absolute Gasteiger partial charge is 0.490 e. The number of benzene rings is 1. The maximum atomic E-state index is 12.5. The molecule has 1 aromatic carbocycles. The smallest absolute Gasteiger partial charge is 0.257 e.